The van der Waals surface area contributed by atoms with Crippen molar-refractivity contribution in [2.75, 3.05) is 10.6 Å². The fourth-order valence-corrected chi connectivity index (χ4v) is 2.13. The maximum absolute atomic E-state index is 14.1. The second kappa shape index (κ2) is 6.30. The second-order valence-electron chi connectivity index (χ2n) is 4.97. The average molecular weight is 314 g/mol. The lowest BCUT2D eigenvalue weighted by molar-refractivity contribution is 0.262. The van der Waals surface area contributed by atoms with Crippen LogP contribution < -0.4 is 10.6 Å². The smallest absolute Gasteiger partial charge is 0.324 e. The highest BCUT2D eigenvalue weighted by Gasteiger charge is 2.09. The summed E-state index contributed by atoms with van der Waals surface area (Å²) < 4.78 is 16.0. The van der Waals surface area contributed by atoms with Gasteiger partial charge in [-0.25, -0.2) is 14.2 Å². The van der Waals surface area contributed by atoms with Gasteiger partial charge in [-0.3, -0.25) is 10.4 Å². The summed E-state index contributed by atoms with van der Waals surface area (Å²) in [5.74, 6) is 0.779. The number of carbonyl (C=O) groups excluding carboxylic acids is 1. The van der Waals surface area contributed by atoms with Gasteiger partial charge in [-0.2, -0.15) is 5.10 Å². The Morgan fingerprint density at radius 1 is 1.30 bits per heavy atom. The number of hydrogen-bond acceptors (Lipinski definition) is 3. The topological polar surface area (TPSA) is 87.6 Å². The second-order valence-corrected chi connectivity index (χ2v) is 4.97. The van der Waals surface area contributed by atoms with Crippen LogP contribution in [0.15, 0.2) is 42.9 Å². The molecule has 0 atom stereocenters. The van der Waals surface area contributed by atoms with Crippen molar-refractivity contribution in [2.45, 2.75) is 13.5 Å². The van der Waals surface area contributed by atoms with Gasteiger partial charge >= 0.3 is 6.03 Å². The number of halogens is 1. The number of amides is 2. The highest BCUT2D eigenvalue weighted by molar-refractivity contribution is 5.99. The Bertz CT molecular complexity index is 811. The molecule has 2 heterocycles. The van der Waals surface area contributed by atoms with Crippen molar-refractivity contribution < 1.29 is 9.18 Å². The Morgan fingerprint density at radius 3 is 2.83 bits per heavy atom. The molecule has 8 heteroatoms. The number of aryl methyl sites for hydroxylation is 1. The molecule has 0 aliphatic carbocycles. The van der Waals surface area contributed by atoms with E-state index in [1.165, 1.54) is 18.3 Å². The van der Waals surface area contributed by atoms with Gasteiger partial charge in [0.15, 0.2) is 0 Å². The van der Waals surface area contributed by atoms with Crippen molar-refractivity contribution in [1.29, 1.82) is 0 Å². The number of imidazole rings is 1. The van der Waals surface area contributed by atoms with Crippen LogP contribution in [0.5, 0.6) is 0 Å². The summed E-state index contributed by atoms with van der Waals surface area (Å²) in [5, 5.41) is 11.3. The number of carbonyl (C=O) groups is 1. The van der Waals surface area contributed by atoms with Crippen molar-refractivity contribution in [3.05, 3.63) is 60.1 Å². The lowest BCUT2D eigenvalue weighted by Gasteiger charge is -2.10. The van der Waals surface area contributed by atoms with E-state index in [0.717, 1.165) is 11.4 Å². The summed E-state index contributed by atoms with van der Waals surface area (Å²) in [6.45, 7) is 2.40. The van der Waals surface area contributed by atoms with E-state index >= 15 is 0 Å². The summed E-state index contributed by atoms with van der Waals surface area (Å²) in [7, 11) is 0. The number of benzene rings is 1. The Balaban J connectivity index is 1.67. The molecule has 2 amide bonds. The minimum absolute atomic E-state index is 0.105. The summed E-state index contributed by atoms with van der Waals surface area (Å²) >= 11 is 0. The lowest BCUT2D eigenvalue weighted by atomic mass is 10.2. The number of urea groups is 1. The van der Waals surface area contributed by atoms with Crippen molar-refractivity contribution in [2.24, 2.45) is 0 Å². The van der Waals surface area contributed by atoms with Gasteiger partial charge in [0.1, 0.15) is 17.5 Å². The Morgan fingerprint density at radius 2 is 2.17 bits per heavy atom. The van der Waals surface area contributed by atoms with E-state index < -0.39 is 11.8 Å². The monoisotopic (exact) mass is 314 g/mol. The van der Waals surface area contributed by atoms with E-state index in [1.54, 1.807) is 18.3 Å². The third-order valence-electron chi connectivity index (χ3n) is 3.31. The summed E-state index contributed by atoms with van der Waals surface area (Å²) in [6.07, 6.45) is 5.03. The molecular weight excluding hydrogens is 299 g/mol. The Hall–Kier alpha value is -3.16. The largest absolute Gasteiger partial charge is 0.331 e. The van der Waals surface area contributed by atoms with Gasteiger partial charge < -0.3 is 9.88 Å². The van der Waals surface area contributed by atoms with Crippen molar-refractivity contribution in [3.63, 3.8) is 0 Å². The van der Waals surface area contributed by atoms with E-state index in [0.29, 0.717) is 12.4 Å². The molecule has 0 saturated carbocycles. The number of nitrogens with one attached hydrogen (secondary N) is 3. The highest BCUT2D eigenvalue weighted by atomic mass is 19.1. The predicted molar refractivity (Wildman–Crippen MR) is 83.7 cm³/mol. The zero-order chi connectivity index (χ0) is 16.2. The third-order valence-corrected chi connectivity index (χ3v) is 3.31. The first-order valence-electron chi connectivity index (χ1n) is 6.95. The zero-order valence-electron chi connectivity index (χ0n) is 12.4. The first-order valence-corrected chi connectivity index (χ1v) is 6.95. The normalized spacial score (nSPS) is 10.5. The molecule has 118 valence electrons. The Kier molecular flexibility index (Phi) is 4.05. The molecule has 3 N–H and O–H groups in total. The van der Waals surface area contributed by atoms with Crippen LogP contribution in [0.25, 0.3) is 0 Å². The predicted octanol–water partition coefficient (Wildman–Crippen LogP) is 2.75. The van der Waals surface area contributed by atoms with Gasteiger partial charge in [0, 0.05) is 25.0 Å². The van der Waals surface area contributed by atoms with E-state index in [9.17, 15) is 9.18 Å². The average Bonchev–Trinajstić information content (AvgIpc) is 3.15. The van der Waals surface area contributed by atoms with Gasteiger partial charge in [-0.1, -0.05) is 6.07 Å². The summed E-state index contributed by atoms with van der Waals surface area (Å²) in [4.78, 5) is 15.9. The first-order chi connectivity index (χ1) is 11.1. The molecule has 0 radical (unpaired) electrons. The molecule has 0 aliphatic rings. The molecule has 0 spiro atoms. The minimum atomic E-state index is -0.550. The minimum Gasteiger partial charge on any atom is -0.331 e. The summed E-state index contributed by atoms with van der Waals surface area (Å²) in [5.41, 5.74) is 0.885. The van der Waals surface area contributed by atoms with Crippen LogP contribution in [0, 0.1) is 12.7 Å². The molecule has 0 bridgehead atoms. The first kappa shape index (κ1) is 14.8. The molecule has 3 aromatic rings. The maximum Gasteiger partial charge on any atom is 0.324 e. The highest BCUT2D eigenvalue weighted by Crippen LogP contribution is 2.17. The Labute approximate surface area is 131 Å². The SMILES string of the molecule is Cc1nccn1Cc1ccc(NC(=O)Nc2ccn[nH]2)c(F)c1. The number of H-pyrrole nitrogens is 1. The van der Waals surface area contributed by atoms with Gasteiger partial charge in [0.2, 0.25) is 0 Å². The molecule has 23 heavy (non-hydrogen) atoms. The quantitative estimate of drug-likeness (QED) is 0.692. The van der Waals surface area contributed by atoms with Crippen LogP contribution in [-0.2, 0) is 6.54 Å². The van der Waals surface area contributed by atoms with E-state index in [-0.39, 0.29) is 5.69 Å². The van der Waals surface area contributed by atoms with Crippen LogP contribution in [0.1, 0.15) is 11.4 Å². The number of aromatic nitrogens is 4. The lowest BCUT2D eigenvalue weighted by Crippen LogP contribution is -2.20. The zero-order valence-corrected chi connectivity index (χ0v) is 12.4. The van der Waals surface area contributed by atoms with Crippen LogP contribution in [-0.4, -0.2) is 25.8 Å². The van der Waals surface area contributed by atoms with Crippen LogP contribution in [0.3, 0.4) is 0 Å². The van der Waals surface area contributed by atoms with E-state index in [4.69, 9.17) is 0 Å². The van der Waals surface area contributed by atoms with Crippen molar-refractivity contribution in [1.82, 2.24) is 19.7 Å². The number of nitrogens with zero attached hydrogens (tertiary/aromatic N) is 3. The molecule has 0 saturated heterocycles. The fraction of sp³-hybridized carbons (Fsp3) is 0.133. The van der Waals surface area contributed by atoms with Crippen molar-refractivity contribution in [3.8, 4) is 0 Å². The van der Waals surface area contributed by atoms with Gasteiger partial charge in [-0.15, -0.1) is 0 Å². The van der Waals surface area contributed by atoms with Gasteiger partial charge in [0.05, 0.1) is 11.9 Å². The van der Waals surface area contributed by atoms with Gasteiger partial charge in [0.25, 0.3) is 0 Å². The molecule has 7 nitrogen and oxygen atoms in total. The summed E-state index contributed by atoms with van der Waals surface area (Å²) in [6, 6.07) is 5.72. The van der Waals surface area contributed by atoms with E-state index in [2.05, 4.69) is 25.8 Å². The maximum atomic E-state index is 14.1. The molecule has 0 unspecified atom stereocenters. The number of hydrogen-bond donors (Lipinski definition) is 3. The van der Waals surface area contributed by atoms with Crippen LogP contribution in [0.4, 0.5) is 20.7 Å². The standard InChI is InChI=1S/C15H15FN6O/c1-10-17-6-7-22(10)9-11-2-3-13(12(16)8-11)19-15(23)20-14-4-5-18-21-14/h2-8H,9H2,1H3,(H3,18,19,20,21,23). The van der Waals surface area contributed by atoms with Crippen LogP contribution in [0.2, 0.25) is 0 Å². The van der Waals surface area contributed by atoms with E-state index in [1.807, 2.05) is 17.7 Å². The number of anilines is 2. The molecule has 0 aliphatic heterocycles. The molecular formula is C15H15FN6O. The fourth-order valence-electron chi connectivity index (χ4n) is 2.13. The molecule has 3 rings (SSSR count). The molecule has 2 aromatic heterocycles. The molecule has 1 aromatic carbocycles. The van der Waals surface area contributed by atoms with Crippen molar-refractivity contribution >= 4 is 17.5 Å². The number of aromatic amines is 1. The van der Waals surface area contributed by atoms with Gasteiger partial charge in [-0.05, 0) is 24.6 Å². The number of rotatable bonds is 4. The van der Waals surface area contributed by atoms with Crippen LogP contribution >= 0.6 is 0 Å². The third kappa shape index (κ3) is 3.54. The molecule has 0 fully saturated rings.